The number of nitro benzene ring substituents is 1. The Labute approximate surface area is 168 Å². The molecule has 8 heteroatoms. The Kier molecular flexibility index (Phi) is 4.63. The first-order chi connectivity index (χ1) is 13.1. The van der Waals surface area contributed by atoms with Crippen LogP contribution >= 0.6 is 22.6 Å². The van der Waals surface area contributed by atoms with Crippen molar-refractivity contribution in [3.8, 4) is 27.9 Å². The minimum Gasteiger partial charge on any atom is -0.258 e. The van der Waals surface area contributed by atoms with Crippen molar-refractivity contribution in [2.45, 2.75) is 0 Å². The summed E-state index contributed by atoms with van der Waals surface area (Å²) in [5, 5.41) is 23.0. The molecule has 0 saturated carbocycles. The van der Waals surface area contributed by atoms with Gasteiger partial charge in [-0.25, -0.2) is 0 Å². The predicted molar refractivity (Wildman–Crippen MR) is 109 cm³/mol. The smallest absolute Gasteiger partial charge is 0.258 e. The number of nitrogens with zero attached hydrogens (tertiary/aromatic N) is 5. The fourth-order valence-electron chi connectivity index (χ4n) is 2.91. The van der Waals surface area contributed by atoms with Crippen LogP contribution in [-0.4, -0.2) is 25.1 Å². The lowest BCUT2D eigenvalue weighted by Crippen LogP contribution is -2.03. The topological polar surface area (TPSA) is 86.7 Å². The van der Waals surface area contributed by atoms with E-state index in [4.69, 9.17) is 0 Å². The van der Waals surface area contributed by atoms with E-state index in [0.717, 1.165) is 31.5 Å². The van der Waals surface area contributed by atoms with E-state index in [1.807, 2.05) is 42.5 Å². The molecule has 0 amide bonds. The fraction of sp³-hybridized carbons (Fsp3) is 0. The van der Waals surface area contributed by atoms with Gasteiger partial charge >= 0.3 is 0 Å². The molecule has 132 valence electrons. The fourth-order valence-corrected chi connectivity index (χ4v) is 3.27. The number of hydrogen-bond donors (Lipinski definition) is 0. The van der Waals surface area contributed by atoms with Gasteiger partial charge in [0, 0.05) is 21.3 Å². The highest BCUT2D eigenvalue weighted by Crippen LogP contribution is 2.37. The number of halogens is 1. The minimum atomic E-state index is -0.403. The lowest BCUT2D eigenvalue weighted by atomic mass is 9.93. The summed E-state index contributed by atoms with van der Waals surface area (Å²) in [6.45, 7) is 0. The third-order valence-electron chi connectivity index (χ3n) is 4.13. The molecular weight excluding hydrogens is 457 g/mol. The van der Waals surface area contributed by atoms with Crippen LogP contribution in [0.4, 0.5) is 5.69 Å². The molecule has 4 rings (SSSR count). The Morgan fingerprint density at radius 3 is 2.26 bits per heavy atom. The number of aromatic nitrogens is 4. The first-order valence-corrected chi connectivity index (χ1v) is 9.08. The summed E-state index contributed by atoms with van der Waals surface area (Å²) in [6, 6.07) is 20.5. The second kappa shape index (κ2) is 7.23. The molecule has 0 unspecified atom stereocenters. The van der Waals surface area contributed by atoms with Crippen LogP contribution in [0.5, 0.6) is 0 Å². The van der Waals surface area contributed by atoms with Crippen LogP contribution in [0, 0.1) is 13.7 Å². The normalized spacial score (nSPS) is 10.7. The van der Waals surface area contributed by atoms with E-state index in [1.165, 1.54) is 23.3 Å². The third kappa shape index (κ3) is 3.43. The second-order valence-corrected chi connectivity index (χ2v) is 6.98. The molecule has 1 aromatic heterocycles. The van der Waals surface area contributed by atoms with Gasteiger partial charge in [0.1, 0.15) is 0 Å². The molecule has 3 aromatic carbocycles. The largest absolute Gasteiger partial charge is 0.269 e. The summed E-state index contributed by atoms with van der Waals surface area (Å²) in [6.07, 6.45) is 1.39. The molecule has 0 bridgehead atoms. The quantitative estimate of drug-likeness (QED) is 0.250. The van der Waals surface area contributed by atoms with Gasteiger partial charge in [0.05, 0.1) is 10.6 Å². The van der Waals surface area contributed by atoms with Crippen molar-refractivity contribution in [1.29, 1.82) is 0 Å². The molecule has 0 atom stereocenters. The zero-order valence-electron chi connectivity index (χ0n) is 13.9. The highest BCUT2D eigenvalue weighted by atomic mass is 127. The number of hydrogen-bond acceptors (Lipinski definition) is 5. The standard InChI is InChI=1S/C19H12IN5O2/c20-15-8-4-14(5-9-15)19-17(13-6-10-16(11-7-13)25(26)27)2-1-3-18(19)24-22-12-21-23-24/h1-12H. The van der Waals surface area contributed by atoms with Crippen molar-refractivity contribution in [3.05, 3.63) is 86.7 Å². The molecular formula is C19H12IN5O2. The molecule has 1 heterocycles. The van der Waals surface area contributed by atoms with Crippen LogP contribution in [0.3, 0.4) is 0 Å². The Balaban J connectivity index is 1.95. The zero-order chi connectivity index (χ0) is 18.8. The van der Waals surface area contributed by atoms with Gasteiger partial charge in [-0.3, -0.25) is 10.1 Å². The van der Waals surface area contributed by atoms with E-state index >= 15 is 0 Å². The average molecular weight is 469 g/mol. The van der Waals surface area contributed by atoms with Crippen molar-refractivity contribution in [2.24, 2.45) is 0 Å². The molecule has 0 N–H and O–H groups in total. The van der Waals surface area contributed by atoms with E-state index in [2.05, 4.69) is 38.0 Å². The number of rotatable bonds is 4. The SMILES string of the molecule is O=[N+]([O-])c1ccc(-c2cccc(-n3ncnn3)c2-c2ccc(I)cc2)cc1. The van der Waals surface area contributed by atoms with Gasteiger partial charge in [0.15, 0.2) is 6.33 Å². The summed E-state index contributed by atoms with van der Waals surface area (Å²) < 4.78 is 1.13. The Bertz CT molecular complexity index is 1090. The number of tetrazole rings is 1. The van der Waals surface area contributed by atoms with Crippen molar-refractivity contribution >= 4 is 28.3 Å². The van der Waals surface area contributed by atoms with Gasteiger partial charge in [-0.15, -0.1) is 15.0 Å². The van der Waals surface area contributed by atoms with Gasteiger partial charge in [0.2, 0.25) is 0 Å². The lowest BCUT2D eigenvalue weighted by molar-refractivity contribution is -0.384. The van der Waals surface area contributed by atoms with Gasteiger partial charge < -0.3 is 0 Å². The summed E-state index contributed by atoms with van der Waals surface area (Å²) in [5.74, 6) is 0. The molecule has 7 nitrogen and oxygen atoms in total. The summed E-state index contributed by atoms with van der Waals surface area (Å²) in [5.41, 5.74) is 4.57. The first kappa shape index (κ1) is 17.3. The highest BCUT2D eigenvalue weighted by molar-refractivity contribution is 14.1. The highest BCUT2D eigenvalue weighted by Gasteiger charge is 2.16. The van der Waals surface area contributed by atoms with Crippen LogP contribution in [-0.2, 0) is 0 Å². The van der Waals surface area contributed by atoms with Crippen LogP contribution in [0.1, 0.15) is 0 Å². The third-order valence-corrected chi connectivity index (χ3v) is 4.85. The summed E-state index contributed by atoms with van der Waals surface area (Å²) in [7, 11) is 0. The number of nitro groups is 1. The molecule has 0 saturated heterocycles. The number of benzene rings is 3. The molecule has 27 heavy (non-hydrogen) atoms. The van der Waals surface area contributed by atoms with Crippen LogP contribution in [0.2, 0.25) is 0 Å². The minimum absolute atomic E-state index is 0.0589. The Morgan fingerprint density at radius 1 is 0.926 bits per heavy atom. The molecule has 0 aliphatic carbocycles. The monoisotopic (exact) mass is 469 g/mol. The van der Waals surface area contributed by atoms with Gasteiger partial charge in [-0.1, -0.05) is 24.3 Å². The van der Waals surface area contributed by atoms with Crippen molar-refractivity contribution in [3.63, 3.8) is 0 Å². The molecule has 0 fully saturated rings. The van der Waals surface area contributed by atoms with Crippen molar-refractivity contribution in [2.75, 3.05) is 0 Å². The zero-order valence-corrected chi connectivity index (χ0v) is 16.0. The molecule has 0 spiro atoms. The van der Waals surface area contributed by atoms with Crippen molar-refractivity contribution < 1.29 is 4.92 Å². The van der Waals surface area contributed by atoms with Crippen LogP contribution < -0.4 is 0 Å². The Morgan fingerprint density at radius 2 is 1.63 bits per heavy atom. The average Bonchev–Trinajstić information content (AvgIpc) is 3.23. The molecule has 0 radical (unpaired) electrons. The second-order valence-electron chi connectivity index (χ2n) is 5.74. The maximum Gasteiger partial charge on any atom is 0.269 e. The van der Waals surface area contributed by atoms with Crippen molar-refractivity contribution in [1.82, 2.24) is 20.2 Å². The summed E-state index contributed by atoms with van der Waals surface area (Å²) >= 11 is 2.26. The maximum atomic E-state index is 11.0. The van der Waals surface area contributed by atoms with E-state index in [9.17, 15) is 10.1 Å². The first-order valence-electron chi connectivity index (χ1n) is 8.00. The molecule has 0 aliphatic rings. The van der Waals surface area contributed by atoms with E-state index in [0.29, 0.717) is 0 Å². The van der Waals surface area contributed by atoms with E-state index < -0.39 is 4.92 Å². The van der Waals surface area contributed by atoms with E-state index in [-0.39, 0.29) is 5.69 Å². The van der Waals surface area contributed by atoms with Gasteiger partial charge in [-0.2, -0.15) is 0 Å². The van der Waals surface area contributed by atoms with Crippen LogP contribution in [0.15, 0.2) is 73.1 Å². The van der Waals surface area contributed by atoms with Gasteiger partial charge in [-0.05, 0) is 74.8 Å². The number of non-ortho nitro benzene ring substituents is 1. The molecule has 0 aliphatic heterocycles. The lowest BCUT2D eigenvalue weighted by Gasteiger charge is -2.14. The van der Waals surface area contributed by atoms with E-state index in [1.54, 1.807) is 12.1 Å². The maximum absolute atomic E-state index is 11.0. The van der Waals surface area contributed by atoms with Crippen LogP contribution in [0.25, 0.3) is 27.9 Å². The summed E-state index contributed by atoms with van der Waals surface area (Å²) in [4.78, 5) is 12.0. The predicted octanol–water partition coefficient (Wildman–Crippen LogP) is 4.51. The van der Waals surface area contributed by atoms with Gasteiger partial charge in [0.25, 0.3) is 5.69 Å². The molecule has 4 aromatic rings. The Hall–Kier alpha value is -3.14.